The summed E-state index contributed by atoms with van der Waals surface area (Å²) >= 11 is 0. The van der Waals surface area contributed by atoms with Gasteiger partial charge in [0.25, 0.3) is 0 Å². The summed E-state index contributed by atoms with van der Waals surface area (Å²) in [7, 11) is 1.83. The average Bonchev–Trinajstić information content (AvgIpc) is 3.31. The lowest BCUT2D eigenvalue weighted by Gasteiger charge is -2.51. The Morgan fingerprint density at radius 2 is 1.78 bits per heavy atom. The van der Waals surface area contributed by atoms with Gasteiger partial charge in [0.2, 0.25) is 0 Å². The molecular formula is C30H38N6O. The van der Waals surface area contributed by atoms with Crippen LogP contribution in [0.4, 0.5) is 5.69 Å². The molecule has 3 fully saturated rings. The molecule has 4 heterocycles. The molecule has 7 heteroatoms. The van der Waals surface area contributed by atoms with Gasteiger partial charge in [-0.25, -0.2) is 4.52 Å². The molecule has 0 spiro atoms. The molecule has 7 nitrogen and oxygen atoms in total. The van der Waals surface area contributed by atoms with Crippen molar-refractivity contribution in [3.8, 4) is 17.2 Å². The van der Waals surface area contributed by atoms with E-state index in [-0.39, 0.29) is 5.60 Å². The van der Waals surface area contributed by atoms with Crippen molar-refractivity contribution in [1.29, 1.82) is 5.26 Å². The standard InChI is InChI=1S/C30H38N6O/c1-22(2)35-20-30(21-35,37-3)27-6-4-25(5-7-27)26-16-29-28(8-9-32-36(29)19-26)34-12-10-33(11-13-34)18-24-14-23(15-24)17-31/h4-9,16,19,22-24H,10-15,18,20-21H2,1-3H3. The van der Waals surface area contributed by atoms with Crippen molar-refractivity contribution in [3.05, 3.63) is 54.4 Å². The van der Waals surface area contributed by atoms with Crippen molar-refractivity contribution >= 4 is 11.2 Å². The van der Waals surface area contributed by atoms with Crippen molar-refractivity contribution in [3.63, 3.8) is 0 Å². The summed E-state index contributed by atoms with van der Waals surface area (Å²) in [6, 6.07) is 16.3. The van der Waals surface area contributed by atoms with Gasteiger partial charge in [0.15, 0.2) is 0 Å². The molecule has 0 N–H and O–H groups in total. The summed E-state index contributed by atoms with van der Waals surface area (Å²) in [6.07, 6.45) is 6.22. The molecule has 0 bridgehead atoms. The first-order chi connectivity index (χ1) is 18.0. The van der Waals surface area contributed by atoms with E-state index in [1.165, 1.54) is 22.4 Å². The lowest BCUT2D eigenvalue weighted by atomic mass is 9.75. The maximum Gasteiger partial charge on any atom is 0.118 e. The monoisotopic (exact) mass is 498 g/mol. The fourth-order valence-corrected chi connectivity index (χ4v) is 6.32. The summed E-state index contributed by atoms with van der Waals surface area (Å²) in [4.78, 5) is 7.52. The minimum absolute atomic E-state index is 0.193. The molecule has 37 heavy (non-hydrogen) atoms. The Kier molecular flexibility index (Phi) is 6.44. The number of methoxy groups -OCH3 is 1. The van der Waals surface area contributed by atoms with Crippen LogP contribution in [0.2, 0.25) is 0 Å². The Morgan fingerprint density at radius 3 is 2.43 bits per heavy atom. The third-order valence-electron chi connectivity index (χ3n) is 8.92. The first kappa shape index (κ1) is 24.4. The maximum atomic E-state index is 9.04. The van der Waals surface area contributed by atoms with Crippen molar-refractivity contribution in [2.24, 2.45) is 11.8 Å². The highest BCUT2D eigenvalue weighted by Crippen LogP contribution is 2.38. The molecule has 6 rings (SSSR count). The molecule has 0 amide bonds. The van der Waals surface area contributed by atoms with Gasteiger partial charge < -0.3 is 9.64 Å². The smallest absolute Gasteiger partial charge is 0.118 e. The number of anilines is 1. The molecule has 1 saturated carbocycles. The van der Waals surface area contributed by atoms with Crippen molar-refractivity contribution in [2.45, 2.75) is 38.3 Å². The second kappa shape index (κ2) is 9.75. The van der Waals surface area contributed by atoms with Crippen LogP contribution in [0.3, 0.4) is 0 Å². The van der Waals surface area contributed by atoms with Gasteiger partial charge >= 0.3 is 0 Å². The summed E-state index contributed by atoms with van der Waals surface area (Å²) in [5.74, 6) is 1.01. The second-order valence-corrected chi connectivity index (χ2v) is 11.5. The molecule has 1 aromatic carbocycles. The van der Waals surface area contributed by atoms with Crippen molar-refractivity contribution in [1.82, 2.24) is 19.4 Å². The normalized spacial score (nSPS) is 24.1. The molecule has 194 valence electrons. The zero-order chi connectivity index (χ0) is 25.6. The van der Waals surface area contributed by atoms with E-state index in [1.54, 1.807) is 0 Å². The number of aromatic nitrogens is 2. The zero-order valence-corrected chi connectivity index (χ0v) is 22.3. The highest BCUT2D eigenvalue weighted by molar-refractivity contribution is 5.80. The fraction of sp³-hybridized carbons (Fsp3) is 0.533. The van der Waals surface area contributed by atoms with Gasteiger partial charge in [-0.15, -0.1) is 0 Å². The van der Waals surface area contributed by atoms with Crippen LogP contribution in [0.1, 0.15) is 32.3 Å². The number of hydrogen-bond acceptors (Lipinski definition) is 6. The summed E-state index contributed by atoms with van der Waals surface area (Å²) < 4.78 is 8.01. The molecule has 2 aliphatic heterocycles. The van der Waals surface area contributed by atoms with Crippen LogP contribution in [-0.2, 0) is 10.3 Å². The van der Waals surface area contributed by atoms with Crippen LogP contribution in [0, 0.1) is 23.2 Å². The van der Waals surface area contributed by atoms with Crippen molar-refractivity contribution < 1.29 is 4.74 Å². The highest BCUT2D eigenvalue weighted by atomic mass is 16.5. The van der Waals surface area contributed by atoms with Crippen LogP contribution in [-0.4, -0.2) is 78.4 Å². The van der Waals surface area contributed by atoms with Crippen LogP contribution in [0.15, 0.2) is 48.8 Å². The number of ether oxygens (including phenoxy) is 1. The van der Waals surface area contributed by atoms with Crippen LogP contribution < -0.4 is 4.90 Å². The van der Waals surface area contributed by atoms with Gasteiger partial charge in [0.1, 0.15) is 5.60 Å². The predicted molar refractivity (Wildman–Crippen MR) is 147 cm³/mol. The van der Waals surface area contributed by atoms with Gasteiger partial charge in [-0.2, -0.15) is 10.4 Å². The number of likely N-dealkylation sites (tertiary alicyclic amines) is 1. The predicted octanol–water partition coefficient (Wildman–Crippen LogP) is 4.24. The van der Waals surface area contributed by atoms with Crippen molar-refractivity contribution in [2.75, 3.05) is 57.8 Å². The number of fused-ring (bicyclic) bond motifs is 1. The Bertz CT molecular complexity index is 1270. The summed E-state index contributed by atoms with van der Waals surface area (Å²) in [5, 5.41) is 13.7. The molecular weight excluding hydrogens is 460 g/mol. The largest absolute Gasteiger partial charge is 0.371 e. The first-order valence-corrected chi connectivity index (χ1v) is 13.7. The lowest BCUT2D eigenvalue weighted by Crippen LogP contribution is -2.62. The molecule has 0 radical (unpaired) electrons. The Hall–Kier alpha value is -2.92. The minimum Gasteiger partial charge on any atom is -0.371 e. The number of piperazine rings is 1. The summed E-state index contributed by atoms with van der Waals surface area (Å²) in [5.41, 5.74) is 5.86. The first-order valence-electron chi connectivity index (χ1n) is 13.7. The van der Waals surface area contributed by atoms with Gasteiger partial charge in [0, 0.05) is 82.8 Å². The van der Waals surface area contributed by atoms with Gasteiger partial charge in [-0.05, 0) is 55.9 Å². The van der Waals surface area contributed by atoms with E-state index < -0.39 is 0 Å². The molecule has 2 saturated heterocycles. The van der Waals surface area contributed by atoms with Gasteiger partial charge in [-0.1, -0.05) is 24.3 Å². The van der Waals surface area contributed by atoms with Gasteiger partial charge in [0.05, 0.1) is 17.3 Å². The number of hydrogen-bond donors (Lipinski definition) is 0. The summed E-state index contributed by atoms with van der Waals surface area (Å²) in [6.45, 7) is 11.7. The third-order valence-corrected chi connectivity index (χ3v) is 8.92. The second-order valence-electron chi connectivity index (χ2n) is 11.5. The zero-order valence-electron chi connectivity index (χ0n) is 22.3. The Balaban J connectivity index is 1.14. The molecule has 3 aromatic rings. The molecule has 0 unspecified atom stereocenters. The molecule has 0 atom stereocenters. The topological polar surface area (TPSA) is 60.0 Å². The van der Waals surface area contributed by atoms with Crippen LogP contribution in [0.5, 0.6) is 0 Å². The van der Waals surface area contributed by atoms with E-state index in [0.29, 0.717) is 17.9 Å². The number of nitriles is 1. The van der Waals surface area contributed by atoms with E-state index in [0.717, 1.165) is 64.2 Å². The fourth-order valence-electron chi connectivity index (χ4n) is 6.32. The Morgan fingerprint density at radius 1 is 1.05 bits per heavy atom. The molecule has 1 aliphatic carbocycles. The van der Waals surface area contributed by atoms with E-state index in [4.69, 9.17) is 10.00 Å². The quantitative estimate of drug-likeness (QED) is 0.486. The molecule has 2 aromatic heterocycles. The lowest BCUT2D eigenvalue weighted by molar-refractivity contribution is -0.141. The molecule has 3 aliphatic rings. The Labute approximate surface area is 220 Å². The van der Waals surface area contributed by atoms with E-state index in [1.807, 2.05) is 17.8 Å². The number of nitrogens with zero attached hydrogens (tertiary/aromatic N) is 6. The third kappa shape index (κ3) is 4.52. The number of rotatable bonds is 7. The maximum absolute atomic E-state index is 9.04. The number of benzene rings is 1. The highest BCUT2D eigenvalue weighted by Gasteiger charge is 2.45. The van der Waals surface area contributed by atoms with Crippen LogP contribution >= 0.6 is 0 Å². The van der Waals surface area contributed by atoms with Gasteiger partial charge in [-0.3, -0.25) is 9.80 Å². The van der Waals surface area contributed by atoms with E-state index in [9.17, 15) is 0 Å². The minimum atomic E-state index is -0.193. The average molecular weight is 499 g/mol. The SMILES string of the molecule is COC1(c2ccc(-c3cc4c(N5CCN(CC6CC(C#N)C6)CC5)ccnn4c3)cc2)CN(C(C)C)C1. The van der Waals surface area contributed by atoms with E-state index >= 15 is 0 Å². The van der Waals surface area contributed by atoms with E-state index in [2.05, 4.69) is 82.3 Å². The van der Waals surface area contributed by atoms with Crippen LogP contribution in [0.25, 0.3) is 16.6 Å².